The van der Waals surface area contributed by atoms with Crippen molar-refractivity contribution in [2.24, 2.45) is 5.92 Å². The van der Waals surface area contributed by atoms with Gasteiger partial charge in [-0.15, -0.1) is 0 Å². The average molecular weight is 249 g/mol. The third-order valence-electron chi connectivity index (χ3n) is 3.60. The predicted molar refractivity (Wildman–Crippen MR) is 74.0 cm³/mol. The second-order valence-corrected chi connectivity index (χ2v) is 5.17. The maximum Gasteiger partial charge on any atom is 0.124 e. The van der Waals surface area contributed by atoms with E-state index in [1.54, 1.807) is 0 Å². The Morgan fingerprint density at radius 2 is 2.22 bits per heavy atom. The van der Waals surface area contributed by atoms with Crippen molar-refractivity contribution in [1.82, 2.24) is 0 Å². The molecule has 0 bridgehead atoms. The number of ether oxygens (including phenoxy) is 1. The summed E-state index contributed by atoms with van der Waals surface area (Å²) in [6.07, 6.45) is 3.78. The number of rotatable bonds is 5. The molecule has 0 saturated heterocycles. The fourth-order valence-corrected chi connectivity index (χ4v) is 2.66. The minimum absolute atomic E-state index is 0.0198. The Hall–Kier alpha value is -1.22. The van der Waals surface area contributed by atoms with E-state index in [-0.39, 0.29) is 6.61 Å². The molecule has 0 aliphatic heterocycles. The van der Waals surface area contributed by atoms with Crippen LogP contribution >= 0.6 is 0 Å². The highest BCUT2D eigenvalue weighted by molar-refractivity contribution is 5.51. The molecule has 0 amide bonds. The lowest BCUT2D eigenvalue weighted by Gasteiger charge is -2.16. The van der Waals surface area contributed by atoms with Crippen LogP contribution in [0, 0.1) is 5.92 Å². The number of hydrogen-bond acceptors (Lipinski definition) is 3. The highest BCUT2D eigenvalue weighted by Gasteiger charge is 2.21. The van der Waals surface area contributed by atoms with Gasteiger partial charge in [0.2, 0.25) is 0 Å². The van der Waals surface area contributed by atoms with Gasteiger partial charge in [0.05, 0.1) is 13.2 Å². The van der Waals surface area contributed by atoms with E-state index in [4.69, 9.17) is 4.74 Å². The second-order valence-electron chi connectivity index (χ2n) is 5.17. The third kappa shape index (κ3) is 3.16. The van der Waals surface area contributed by atoms with E-state index < -0.39 is 0 Å². The number of benzene rings is 1. The molecule has 0 aromatic heterocycles. The van der Waals surface area contributed by atoms with Gasteiger partial charge in [-0.3, -0.25) is 0 Å². The normalized spacial score (nSPS) is 23.1. The summed E-state index contributed by atoms with van der Waals surface area (Å²) in [4.78, 5) is 0. The monoisotopic (exact) mass is 249 g/mol. The molecule has 3 heteroatoms. The lowest BCUT2D eigenvalue weighted by Crippen LogP contribution is -2.15. The molecule has 2 rings (SSSR count). The van der Waals surface area contributed by atoms with Gasteiger partial charge in [0.15, 0.2) is 0 Å². The molecule has 0 spiro atoms. The first-order valence-electron chi connectivity index (χ1n) is 6.86. The summed E-state index contributed by atoms with van der Waals surface area (Å²) in [6, 6.07) is 6.54. The van der Waals surface area contributed by atoms with E-state index in [2.05, 4.69) is 12.2 Å². The quantitative estimate of drug-likeness (QED) is 0.842. The smallest absolute Gasteiger partial charge is 0.124 e. The standard InChI is InChI=1S/C15H23NO2/c1-3-18-15-7-6-14(9-12(15)10-17)16-13-5-4-11(2)8-13/h6-7,9,11,13,16-17H,3-5,8,10H2,1-2H3. The largest absolute Gasteiger partial charge is 0.494 e. The molecule has 100 valence electrons. The predicted octanol–water partition coefficient (Wildman–Crippen LogP) is 3.18. The van der Waals surface area contributed by atoms with Crippen LogP contribution < -0.4 is 10.1 Å². The van der Waals surface area contributed by atoms with Gasteiger partial charge >= 0.3 is 0 Å². The van der Waals surface area contributed by atoms with Gasteiger partial charge < -0.3 is 15.2 Å². The summed E-state index contributed by atoms with van der Waals surface area (Å²) in [6.45, 7) is 4.90. The van der Waals surface area contributed by atoms with Gasteiger partial charge in [0.25, 0.3) is 0 Å². The molecule has 1 aromatic rings. The number of anilines is 1. The first-order valence-corrected chi connectivity index (χ1v) is 6.86. The number of nitrogens with one attached hydrogen (secondary N) is 1. The Morgan fingerprint density at radius 1 is 1.39 bits per heavy atom. The third-order valence-corrected chi connectivity index (χ3v) is 3.60. The molecule has 1 aliphatic rings. The molecule has 1 aromatic carbocycles. The summed E-state index contributed by atoms with van der Waals surface area (Å²) < 4.78 is 5.48. The van der Waals surface area contributed by atoms with Crippen LogP contribution in [0.25, 0.3) is 0 Å². The highest BCUT2D eigenvalue weighted by Crippen LogP contribution is 2.29. The van der Waals surface area contributed by atoms with Crippen LogP contribution in [-0.4, -0.2) is 17.8 Å². The van der Waals surface area contributed by atoms with Gasteiger partial charge in [-0.05, 0) is 50.3 Å². The van der Waals surface area contributed by atoms with Crippen LogP contribution in [0.4, 0.5) is 5.69 Å². The second kappa shape index (κ2) is 6.10. The van der Waals surface area contributed by atoms with Crippen LogP contribution in [0.15, 0.2) is 18.2 Å². The molecular weight excluding hydrogens is 226 g/mol. The van der Waals surface area contributed by atoms with Crippen LogP contribution in [0.3, 0.4) is 0 Å². The zero-order valence-electron chi connectivity index (χ0n) is 11.3. The van der Waals surface area contributed by atoms with Crippen molar-refractivity contribution in [3.63, 3.8) is 0 Å². The summed E-state index contributed by atoms with van der Waals surface area (Å²) in [5, 5.41) is 12.9. The van der Waals surface area contributed by atoms with E-state index in [0.717, 1.165) is 22.9 Å². The summed E-state index contributed by atoms with van der Waals surface area (Å²) >= 11 is 0. The average Bonchev–Trinajstić information content (AvgIpc) is 2.77. The van der Waals surface area contributed by atoms with Crippen LogP contribution in [0.5, 0.6) is 5.75 Å². The molecule has 1 aliphatic carbocycles. The summed E-state index contributed by atoms with van der Waals surface area (Å²) in [7, 11) is 0. The van der Waals surface area contributed by atoms with Crippen molar-refractivity contribution in [3.05, 3.63) is 23.8 Å². The molecule has 0 heterocycles. The molecule has 18 heavy (non-hydrogen) atoms. The molecule has 1 saturated carbocycles. The van der Waals surface area contributed by atoms with Crippen molar-refractivity contribution in [1.29, 1.82) is 0 Å². The molecule has 3 nitrogen and oxygen atoms in total. The van der Waals surface area contributed by atoms with Crippen molar-refractivity contribution < 1.29 is 9.84 Å². The van der Waals surface area contributed by atoms with Gasteiger partial charge in [-0.2, -0.15) is 0 Å². The Labute approximate surface area is 109 Å². The van der Waals surface area contributed by atoms with Gasteiger partial charge in [-0.25, -0.2) is 0 Å². The van der Waals surface area contributed by atoms with Crippen molar-refractivity contribution in [3.8, 4) is 5.75 Å². The van der Waals surface area contributed by atoms with Crippen molar-refractivity contribution >= 4 is 5.69 Å². The van der Waals surface area contributed by atoms with Crippen molar-refractivity contribution in [2.45, 2.75) is 45.8 Å². The van der Waals surface area contributed by atoms with Crippen LogP contribution in [-0.2, 0) is 6.61 Å². The minimum atomic E-state index is 0.0198. The fourth-order valence-electron chi connectivity index (χ4n) is 2.66. The van der Waals surface area contributed by atoms with E-state index in [9.17, 15) is 5.11 Å². The zero-order chi connectivity index (χ0) is 13.0. The zero-order valence-corrected chi connectivity index (χ0v) is 11.3. The van der Waals surface area contributed by atoms with Crippen LogP contribution in [0.1, 0.15) is 38.7 Å². The van der Waals surface area contributed by atoms with Gasteiger partial charge in [0, 0.05) is 17.3 Å². The molecule has 2 unspecified atom stereocenters. The Morgan fingerprint density at radius 3 is 2.83 bits per heavy atom. The Balaban J connectivity index is 2.05. The van der Waals surface area contributed by atoms with Gasteiger partial charge in [-0.1, -0.05) is 6.92 Å². The van der Waals surface area contributed by atoms with E-state index in [1.165, 1.54) is 19.3 Å². The van der Waals surface area contributed by atoms with E-state index >= 15 is 0 Å². The number of aliphatic hydroxyl groups excluding tert-OH is 1. The molecular formula is C15H23NO2. The van der Waals surface area contributed by atoms with Crippen LogP contribution in [0.2, 0.25) is 0 Å². The Kier molecular flexibility index (Phi) is 4.48. The van der Waals surface area contributed by atoms with Crippen molar-refractivity contribution in [2.75, 3.05) is 11.9 Å². The summed E-state index contributed by atoms with van der Waals surface area (Å²) in [5.41, 5.74) is 1.94. The van der Waals surface area contributed by atoms with Gasteiger partial charge in [0.1, 0.15) is 5.75 Å². The Bertz CT molecular complexity index is 392. The van der Waals surface area contributed by atoms with E-state index in [1.807, 2.05) is 25.1 Å². The molecule has 2 N–H and O–H groups in total. The maximum atomic E-state index is 9.36. The topological polar surface area (TPSA) is 41.5 Å². The SMILES string of the molecule is CCOc1ccc(NC2CCC(C)C2)cc1CO. The fraction of sp³-hybridized carbons (Fsp3) is 0.600. The number of hydrogen-bond donors (Lipinski definition) is 2. The first-order chi connectivity index (χ1) is 8.72. The van der Waals surface area contributed by atoms with E-state index in [0.29, 0.717) is 12.6 Å². The molecule has 1 fully saturated rings. The maximum absolute atomic E-state index is 9.36. The minimum Gasteiger partial charge on any atom is -0.494 e. The molecule has 2 atom stereocenters. The highest BCUT2D eigenvalue weighted by atomic mass is 16.5. The number of aliphatic hydroxyl groups is 1. The lowest BCUT2D eigenvalue weighted by molar-refractivity contribution is 0.267. The molecule has 0 radical (unpaired) electrons. The lowest BCUT2D eigenvalue weighted by atomic mass is 10.1. The first kappa shape index (κ1) is 13.2. The summed E-state index contributed by atoms with van der Waals surface area (Å²) in [5.74, 6) is 1.60.